The van der Waals surface area contributed by atoms with E-state index in [4.69, 9.17) is 32.0 Å². The Morgan fingerprint density at radius 3 is 2.32 bits per heavy atom. The van der Waals surface area contributed by atoms with E-state index in [1.807, 2.05) is 0 Å². The molecular formula is C20H21ClO4. The highest BCUT2D eigenvalue weighted by molar-refractivity contribution is 6.30. The average Bonchev–Trinajstić information content (AvgIpc) is 2.70. The molecule has 2 rings (SSSR count). The average molecular weight is 369 g/mol. The summed E-state index contributed by atoms with van der Waals surface area (Å²) in [6.07, 6.45) is -2.48. The maximum Gasteiger partial charge on any atom is 0.350 e. The summed E-state index contributed by atoms with van der Waals surface area (Å²) in [7, 11) is 0. The third-order valence-electron chi connectivity index (χ3n) is 3.05. The Kier molecular flexibility index (Phi) is 3.27. The zero-order valence-corrected chi connectivity index (χ0v) is 14.6. The fourth-order valence-electron chi connectivity index (χ4n) is 1.83. The standard InChI is InChI=1S/C20H21ClO4/c1-13(2)24-19(23)20(3,4)25-17-11-7-15(8-12-17)18(22)14-5-9-16(21)10-6-14/h5-13H,1-4H3/i1D3,5D,6D,9D,10D,13D. The molecule has 25 heavy (non-hydrogen) atoms. The molecule has 4 nitrogen and oxygen atoms in total. The van der Waals surface area contributed by atoms with Crippen LogP contribution in [0.4, 0.5) is 0 Å². The fraction of sp³-hybridized carbons (Fsp3) is 0.300. The minimum absolute atomic E-state index is 0.0343. The van der Waals surface area contributed by atoms with Crippen molar-refractivity contribution in [2.75, 3.05) is 0 Å². The van der Waals surface area contributed by atoms with Crippen molar-refractivity contribution in [2.24, 2.45) is 0 Å². The molecule has 0 saturated heterocycles. The molecule has 2 aromatic rings. The molecule has 0 aliphatic rings. The lowest BCUT2D eigenvalue weighted by atomic mass is 10.0. The minimum Gasteiger partial charge on any atom is -0.476 e. The molecule has 2 aromatic carbocycles. The molecule has 0 aliphatic carbocycles. The second-order valence-electron chi connectivity index (χ2n) is 5.60. The van der Waals surface area contributed by atoms with E-state index < -0.39 is 60.0 Å². The van der Waals surface area contributed by atoms with Gasteiger partial charge in [0.1, 0.15) is 5.75 Å². The van der Waals surface area contributed by atoms with Crippen LogP contribution in [0.5, 0.6) is 5.75 Å². The van der Waals surface area contributed by atoms with Crippen molar-refractivity contribution in [1.29, 1.82) is 0 Å². The Labute approximate surface area is 164 Å². The first kappa shape index (κ1) is 10.6. The number of esters is 1. The number of hydrogen-bond donors (Lipinski definition) is 0. The highest BCUT2D eigenvalue weighted by Gasteiger charge is 2.32. The lowest BCUT2D eigenvalue weighted by molar-refractivity contribution is -0.163. The molecule has 0 bridgehead atoms. The van der Waals surface area contributed by atoms with E-state index in [1.54, 1.807) is 0 Å². The monoisotopic (exact) mass is 368 g/mol. The van der Waals surface area contributed by atoms with Gasteiger partial charge in [0.25, 0.3) is 0 Å². The maximum atomic E-state index is 12.8. The lowest BCUT2D eigenvalue weighted by Crippen LogP contribution is -2.40. The third kappa shape index (κ3) is 5.07. The smallest absolute Gasteiger partial charge is 0.350 e. The molecule has 0 aliphatic heterocycles. The molecule has 5 heteroatoms. The maximum absolute atomic E-state index is 12.8. The van der Waals surface area contributed by atoms with Gasteiger partial charge in [-0.15, -0.1) is 0 Å². The Bertz CT molecular complexity index is 1070. The number of ether oxygens (including phenoxy) is 2. The molecule has 1 unspecified atom stereocenters. The van der Waals surface area contributed by atoms with Gasteiger partial charge in [-0.3, -0.25) is 4.79 Å². The van der Waals surface area contributed by atoms with Crippen LogP contribution in [0.15, 0.2) is 48.4 Å². The van der Waals surface area contributed by atoms with Gasteiger partial charge in [0, 0.05) is 20.3 Å². The number of carbonyl (C=O) groups is 2. The molecule has 1 atom stereocenters. The van der Waals surface area contributed by atoms with Crippen LogP contribution < -0.4 is 4.74 Å². The predicted octanol–water partition coefficient (Wildman–Crippen LogP) is 4.68. The van der Waals surface area contributed by atoms with Gasteiger partial charge in [-0.2, -0.15) is 0 Å². The van der Waals surface area contributed by atoms with Crippen LogP contribution in [0.3, 0.4) is 0 Å². The van der Waals surface area contributed by atoms with Crippen LogP contribution in [0.25, 0.3) is 0 Å². The number of ketones is 1. The van der Waals surface area contributed by atoms with Crippen molar-refractivity contribution in [3.05, 3.63) is 64.6 Å². The van der Waals surface area contributed by atoms with E-state index in [-0.39, 0.29) is 16.3 Å². The number of halogens is 1. The van der Waals surface area contributed by atoms with Gasteiger partial charge in [-0.05, 0) is 76.1 Å². The van der Waals surface area contributed by atoms with Crippen LogP contribution in [0.1, 0.15) is 54.5 Å². The summed E-state index contributed by atoms with van der Waals surface area (Å²) in [6.45, 7) is 0.717. The number of benzene rings is 2. The summed E-state index contributed by atoms with van der Waals surface area (Å²) < 4.78 is 71.4. The summed E-state index contributed by atoms with van der Waals surface area (Å²) in [5, 5.41) is -0.387. The van der Waals surface area contributed by atoms with Gasteiger partial charge in [0.05, 0.1) is 12.9 Å². The zero-order valence-electron chi connectivity index (χ0n) is 21.8. The minimum atomic E-state index is -2.87. The van der Waals surface area contributed by atoms with Gasteiger partial charge in [0.15, 0.2) is 11.4 Å². The second-order valence-corrected chi connectivity index (χ2v) is 5.98. The van der Waals surface area contributed by atoms with Gasteiger partial charge in [0.2, 0.25) is 0 Å². The van der Waals surface area contributed by atoms with E-state index in [1.165, 1.54) is 38.1 Å². The molecule has 0 aromatic heterocycles. The topological polar surface area (TPSA) is 52.6 Å². The van der Waals surface area contributed by atoms with E-state index >= 15 is 0 Å². The third-order valence-corrected chi connectivity index (χ3v) is 3.24. The number of hydrogen-bond acceptors (Lipinski definition) is 4. The molecule has 0 spiro atoms. The molecule has 0 N–H and O–H groups in total. The highest BCUT2D eigenvalue weighted by Crippen LogP contribution is 2.22. The summed E-state index contributed by atoms with van der Waals surface area (Å²) in [4.78, 5) is 25.2. The van der Waals surface area contributed by atoms with Crippen LogP contribution in [0, 0.1) is 0 Å². The second kappa shape index (κ2) is 7.70. The summed E-state index contributed by atoms with van der Waals surface area (Å²) >= 11 is 5.76. The Morgan fingerprint density at radius 2 is 1.76 bits per heavy atom. The van der Waals surface area contributed by atoms with E-state index in [2.05, 4.69) is 0 Å². The van der Waals surface area contributed by atoms with Crippen molar-refractivity contribution in [2.45, 2.75) is 39.3 Å². The molecule has 0 fully saturated rings. The molecule has 132 valence electrons. The zero-order chi connectivity index (χ0) is 25.5. The summed E-state index contributed by atoms with van der Waals surface area (Å²) in [5.74, 6) is -1.73. The van der Waals surface area contributed by atoms with Gasteiger partial charge in [-0.1, -0.05) is 11.6 Å². The van der Waals surface area contributed by atoms with Crippen molar-refractivity contribution in [1.82, 2.24) is 0 Å². The largest absolute Gasteiger partial charge is 0.476 e. The first-order valence-corrected chi connectivity index (χ1v) is 7.61. The van der Waals surface area contributed by atoms with Crippen molar-refractivity contribution < 1.29 is 30.0 Å². The first-order chi connectivity index (χ1) is 14.9. The van der Waals surface area contributed by atoms with Gasteiger partial charge < -0.3 is 9.47 Å². The van der Waals surface area contributed by atoms with Crippen LogP contribution in [0.2, 0.25) is 5.02 Å². The van der Waals surface area contributed by atoms with Gasteiger partial charge in [-0.25, -0.2) is 4.79 Å². The molecule has 0 amide bonds. The van der Waals surface area contributed by atoms with Crippen LogP contribution >= 0.6 is 11.6 Å². The van der Waals surface area contributed by atoms with Crippen molar-refractivity contribution >= 4 is 23.4 Å². The Morgan fingerprint density at radius 1 is 1.16 bits per heavy atom. The quantitative estimate of drug-likeness (QED) is 0.548. The Hall–Kier alpha value is -2.33. The fourth-order valence-corrected chi connectivity index (χ4v) is 1.92. The van der Waals surface area contributed by atoms with Crippen LogP contribution in [-0.4, -0.2) is 23.4 Å². The summed E-state index contributed by atoms with van der Waals surface area (Å²) in [5.41, 5.74) is -2.07. The molecular weight excluding hydrogens is 340 g/mol. The molecule has 0 radical (unpaired) electrons. The normalized spacial score (nSPS) is 18.7. The Balaban J connectivity index is 2.26. The van der Waals surface area contributed by atoms with Crippen LogP contribution in [-0.2, 0) is 9.53 Å². The van der Waals surface area contributed by atoms with E-state index in [9.17, 15) is 9.59 Å². The van der Waals surface area contributed by atoms with E-state index in [0.29, 0.717) is 0 Å². The number of carbonyl (C=O) groups excluding carboxylic acids is 2. The SMILES string of the molecule is [2H]c1c([2H])c(C(=O)c2ccc(OC(C)(C)C(=O)OC([2H])(C)C([2H])([2H])[2H])cc2)c([2H])c([2H])c1Cl. The van der Waals surface area contributed by atoms with Crippen molar-refractivity contribution in [3.8, 4) is 5.75 Å². The molecule has 0 saturated carbocycles. The number of rotatable bonds is 6. The highest BCUT2D eigenvalue weighted by atomic mass is 35.5. The lowest BCUT2D eigenvalue weighted by Gasteiger charge is -2.25. The first-order valence-electron chi connectivity index (χ1n) is 11.2. The van der Waals surface area contributed by atoms with Gasteiger partial charge >= 0.3 is 5.97 Å². The predicted molar refractivity (Wildman–Crippen MR) is 97.3 cm³/mol. The molecule has 0 heterocycles. The van der Waals surface area contributed by atoms with E-state index in [0.717, 1.165) is 6.92 Å². The summed E-state index contributed by atoms with van der Waals surface area (Å²) in [6, 6.07) is 3.08. The van der Waals surface area contributed by atoms with Crippen molar-refractivity contribution in [3.63, 3.8) is 0 Å².